The van der Waals surface area contributed by atoms with E-state index in [1.165, 1.54) is 5.57 Å². The third-order valence-electron chi connectivity index (χ3n) is 4.88. The third kappa shape index (κ3) is 7.30. The molecule has 1 rings (SSSR count). The van der Waals surface area contributed by atoms with Gasteiger partial charge < -0.3 is 4.74 Å². The fraction of sp³-hybridized carbons (Fsp3) is 0.667. The largest absolute Gasteiger partial charge is 0.374 e. The molecule has 0 saturated heterocycles. The molecule has 1 aliphatic rings. The van der Waals surface area contributed by atoms with Gasteiger partial charge in [-0.15, -0.1) is 0 Å². The second-order valence-electron chi connectivity index (χ2n) is 7.55. The first-order valence-corrected chi connectivity index (χ1v) is 8.86. The lowest BCUT2D eigenvalue weighted by Gasteiger charge is -2.26. The van der Waals surface area contributed by atoms with Gasteiger partial charge in [0.05, 0.1) is 5.60 Å². The van der Waals surface area contributed by atoms with Crippen molar-refractivity contribution in [2.45, 2.75) is 72.3 Å². The molecule has 0 aliphatic heterocycles. The molecule has 2 heteroatoms. The van der Waals surface area contributed by atoms with Crippen LogP contribution in [0.15, 0.2) is 35.5 Å². The number of ketones is 1. The molecule has 0 N–H and O–H groups in total. The van der Waals surface area contributed by atoms with Gasteiger partial charge in [0, 0.05) is 13.5 Å². The van der Waals surface area contributed by atoms with Gasteiger partial charge >= 0.3 is 0 Å². The van der Waals surface area contributed by atoms with Crippen molar-refractivity contribution < 1.29 is 9.53 Å². The molecule has 2 atom stereocenters. The van der Waals surface area contributed by atoms with Crippen molar-refractivity contribution in [2.75, 3.05) is 7.11 Å². The van der Waals surface area contributed by atoms with Crippen LogP contribution >= 0.6 is 0 Å². The zero-order valence-electron chi connectivity index (χ0n) is 15.8. The molecule has 0 unspecified atom stereocenters. The Bertz CT molecular complexity index is 482. The molecule has 0 heterocycles. The number of hydrogen-bond donors (Lipinski definition) is 0. The van der Waals surface area contributed by atoms with E-state index in [1.807, 2.05) is 13.0 Å². The van der Waals surface area contributed by atoms with Gasteiger partial charge in [0.25, 0.3) is 0 Å². The topological polar surface area (TPSA) is 26.3 Å². The summed E-state index contributed by atoms with van der Waals surface area (Å²) < 4.78 is 5.75. The van der Waals surface area contributed by atoms with E-state index in [1.54, 1.807) is 7.11 Å². The summed E-state index contributed by atoms with van der Waals surface area (Å²) in [6, 6.07) is 0. The molecule has 0 aromatic carbocycles. The van der Waals surface area contributed by atoms with Crippen molar-refractivity contribution in [3.05, 3.63) is 35.5 Å². The fourth-order valence-electron chi connectivity index (χ4n) is 2.98. The zero-order chi connectivity index (χ0) is 17.5. The summed E-state index contributed by atoms with van der Waals surface area (Å²) in [5.41, 5.74) is 2.11. The van der Waals surface area contributed by atoms with E-state index in [4.69, 9.17) is 4.74 Å². The van der Waals surface area contributed by atoms with Crippen molar-refractivity contribution in [1.82, 2.24) is 0 Å². The maximum Gasteiger partial charge on any atom is 0.159 e. The molecular weight excluding hydrogens is 284 g/mol. The quantitative estimate of drug-likeness (QED) is 0.615. The molecular formula is C21H34O2. The first-order valence-electron chi connectivity index (χ1n) is 8.86. The molecule has 0 bridgehead atoms. The molecule has 2 nitrogen and oxygen atoms in total. The van der Waals surface area contributed by atoms with E-state index in [-0.39, 0.29) is 11.4 Å². The zero-order valence-corrected chi connectivity index (χ0v) is 15.8. The lowest BCUT2D eigenvalue weighted by molar-refractivity contribution is -0.114. The number of allylic oxidation sites excluding steroid dienone is 5. The van der Waals surface area contributed by atoms with Crippen LogP contribution in [0.5, 0.6) is 0 Å². The number of carbonyl (C=O) groups excluding carboxylic acids is 1. The van der Waals surface area contributed by atoms with E-state index in [9.17, 15) is 4.79 Å². The molecule has 0 aromatic rings. The van der Waals surface area contributed by atoms with Gasteiger partial charge in [-0.1, -0.05) is 43.2 Å². The Labute approximate surface area is 142 Å². The Kier molecular flexibility index (Phi) is 7.98. The second-order valence-corrected chi connectivity index (χ2v) is 7.55. The molecule has 0 amide bonds. The molecule has 0 spiro atoms. The second kappa shape index (κ2) is 9.22. The van der Waals surface area contributed by atoms with Crippen LogP contribution in [-0.2, 0) is 9.53 Å². The average Bonchev–Trinajstić information content (AvgIpc) is 2.45. The van der Waals surface area contributed by atoms with Crippen LogP contribution in [0.3, 0.4) is 0 Å². The highest BCUT2D eigenvalue weighted by Crippen LogP contribution is 2.26. The predicted octanol–water partition coefficient (Wildman–Crippen LogP) is 5.65. The Morgan fingerprint density at radius 3 is 2.57 bits per heavy atom. The molecule has 0 saturated carbocycles. The molecule has 1 aliphatic carbocycles. The normalized spacial score (nSPS) is 34.2. The van der Waals surface area contributed by atoms with Gasteiger partial charge in [-0.05, 0) is 64.4 Å². The van der Waals surface area contributed by atoms with E-state index in [2.05, 4.69) is 45.9 Å². The summed E-state index contributed by atoms with van der Waals surface area (Å²) in [7, 11) is 1.78. The number of rotatable bonds is 2. The molecule has 0 radical (unpaired) electrons. The maximum atomic E-state index is 12.1. The number of hydrogen-bond acceptors (Lipinski definition) is 2. The van der Waals surface area contributed by atoms with Gasteiger partial charge in [-0.25, -0.2) is 0 Å². The summed E-state index contributed by atoms with van der Waals surface area (Å²) >= 11 is 0. The minimum absolute atomic E-state index is 0.222. The number of carbonyl (C=O) groups is 1. The average molecular weight is 319 g/mol. The van der Waals surface area contributed by atoms with Crippen LogP contribution in [0.25, 0.3) is 0 Å². The van der Waals surface area contributed by atoms with Crippen LogP contribution in [0.1, 0.15) is 66.7 Å². The highest BCUT2D eigenvalue weighted by atomic mass is 16.5. The van der Waals surface area contributed by atoms with Crippen LogP contribution in [0.2, 0.25) is 0 Å². The number of methoxy groups -OCH3 is 1. The minimum Gasteiger partial charge on any atom is -0.374 e. The summed E-state index contributed by atoms with van der Waals surface area (Å²) in [4.78, 5) is 12.1. The molecule has 23 heavy (non-hydrogen) atoms. The van der Waals surface area contributed by atoms with Gasteiger partial charge in [0.15, 0.2) is 5.78 Å². The summed E-state index contributed by atoms with van der Waals surface area (Å²) in [6.07, 6.45) is 13.0. The minimum atomic E-state index is -0.233. The van der Waals surface area contributed by atoms with Crippen molar-refractivity contribution in [2.24, 2.45) is 11.8 Å². The van der Waals surface area contributed by atoms with E-state index in [0.717, 1.165) is 31.3 Å². The van der Waals surface area contributed by atoms with Gasteiger partial charge in [0.2, 0.25) is 0 Å². The molecule has 0 fully saturated rings. The van der Waals surface area contributed by atoms with Crippen LogP contribution in [0.4, 0.5) is 0 Å². The Hall–Kier alpha value is -1.15. The van der Waals surface area contributed by atoms with Gasteiger partial charge in [-0.2, -0.15) is 0 Å². The van der Waals surface area contributed by atoms with Crippen molar-refractivity contribution in [1.29, 1.82) is 0 Å². The monoisotopic (exact) mass is 318 g/mol. The van der Waals surface area contributed by atoms with Crippen molar-refractivity contribution in [3.8, 4) is 0 Å². The Morgan fingerprint density at radius 2 is 1.96 bits per heavy atom. The Morgan fingerprint density at radius 1 is 1.26 bits per heavy atom. The lowest BCUT2D eigenvalue weighted by atomic mass is 9.86. The maximum absolute atomic E-state index is 12.1. The molecule has 0 aromatic heterocycles. The van der Waals surface area contributed by atoms with Crippen molar-refractivity contribution in [3.63, 3.8) is 0 Å². The predicted molar refractivity (Wildman–Crippen MR) is 98.5 cm³/mol. The smallest absolute Gasteiger partial charge is 0.159 e. The Balaban J connectivity index is 3.03. The highest BCUT2D eigenvalue weighted by Gasteiger charge is 2.20. The van der Waals surface area contributed by atoms with E-state index in [0.29, 0.717) is 18.3 Å². The van der Waals surface area contributed by atoms with Gasteiger partial charge in [0.1, 0.15) is 0 Å². The first-order chi connectivity index (χ1) is 10.8. The highest BCUT2D eigenvalue weighted by molar-refractivity contribution is 5.91. The lowest BCUT2D eigenvalue weighted by Crippen LogP contribution is -2.24. The standard InChI is InChI=1S/C21H34O2/c1-16(2)19-10-9-18(4)15-20(22)14-17(3)8-7-12-21(5,23-6)13-11-19/h8,11,13,15-16,19H,7,9-10,12,14H2,1-6H3/b13-11+,17-8+,18-15-/t19-,21-/m1/s1. The summed E-state index contributed by atoms with van der Waals surface area (Å²) in [5.74, 6) is 1.33. The summed E-state index contributed by atoms with van der Waals surface area (Å²) in [5, 5.41) is 0. The number of ether oxygens (including phenoxy) is 1. The molecule has 130 valence electrons. The van der Waals surface area contributed by atoms with Crippen molar-refractivity contribution >= 4 is 5.78 Å². The van der Waals surface area contributed by atoms with E-state index < -0.39 is 0 Å². The van der Waals surface area contributed by atoms with Crippen LogP contribution in [0, 0.1) is 11.8 Å². The van der Waals surface area contributed by atoms with E-state index >= 15 is 0 Å². The fourth-order valence-corrected chi connectivity index (χ4v) is 2.98. The SMILES string of the molecule is CO[C@@]1(C)/C=C/[C@H](C(C)C)CC/C(C)=C\C(=O)C/C(C)=C/CC1. The summed E-state index contributed by atoms with van der Waals surface area (Å²) in [6.45, 7) is 10.8. The third-order valence-corrected chi connectivity index (χ3v) is 4.88. The van der Waals surface area contributed by atoms with Crippen LogP contribution in [-0.4, -0.2) is 18.5 Å². The first kappa shape index (κ1) is 19.9. The van der Waals surface area contributed by atoms with Gasteiger partial charge in [-0.3, -0.25) is 4.79 Å². The van der Waals surface area contributed by atoms with Crippen LogP contribution < -0.4 is 0 Å².